The summed E-state index contributed by atoms with van der Waals surface area (Å²) in [6, 6.07) is 7.50. The van der Waals surface area contributed by atoms with Crippen LogP contribution in [0.1, 0.15) is 27.2 Å². The van der Waals surface area contributed by atoms with Crippen molar-refractivity contribution in [2.75, 3.05) is 37.0 Å². The van der Waals surface area contributed by atoms with Crippen molar-refractivity contribution in [1.29, 1.82) is 0 Å². The van der Waals surface area contributed by atoms with Gasteiger partial charge in [-0.25, -0.2) is 4.79 Å². The third-order valence-electron chi connectivity index (χ3n) is 3.55. The molecular weight excluding hydrogens is 266 g/mol. The van der Waals surface area contributed by atoms with E-state index in [1.54, 1.807) is 0 Å². The van der Waals surface area contributed by atoms with Crippen LogP contribution < -0.4 is 15.5 Å². The summed E-state index contributed by atoms with van der Waals surface area (Å²) in [7, 11) is 1.99. The summed E-state index contributed by atoms with van der Waals surface area (Å²) in [5.74, 6) is 0. The van der Waals surface area contributed by atoms with Crippen LogP contribution in [0.25, 0.3) is 0 Å². The predicted molar refractivity (Wildman–Crippen MR) is 87.9 cm³/mol. The van der Waals surface area contributed by atoms with Crippen molar-refractivity contribution in [2.24, 2.45) is 5.41 Å². The molecule has 2 amide bonds. The van der Waals surface area contributed by atoms with Crippen molar-refractivity contribution < 1.29 is 9.90 Å². The Kier molecular flexibility index (Phi) is 6.49. The van der Waals surface area contributed by atoms with Crippen molar-refractivity contribution >= 4 is 17.4 Å². The number of benzene rings is 1. The van der Waals surface area contributed by atoms with Crippen LogP contribution in [0.3, 0.4) is 0 Å². The molecule has 1 aromatic carbocycles. The van der Waals surface area contributed by atoms with E-state index in [9.17, 15) is 4.79 Å². The van der Waals surface area contributed by atoms with E-state index in [2.05, 4.69) is 22.5 Å². The zero-order chi connectivity index (χ0) is 15.9. The van der Waals surface area contributed by atoms with Gasteiger partial charge < -0.3 is 20.6 Å². The third kappa shape index (κ3) is 5.63. The maximum atomic E-state index is 12.0. The largest absolute Gasteiger partial charge is 0.396 e. The number of hydrogen-bond donors (Lipinski definition) is 3. The number of para-hydroxylation sites is 2. The average Bonchev–Trinajstić information content (AvgIpc) is 2.45. The lowest BCUT2D eigenvalue weighted by atomic mass is 9.90. The highest BCUT2D eigenvalue weighted by Gasteiger charge is 2.18. The van der Waals surface area contributed by atoms with Crippen molar-refractivity contribution in [3.8, 4) is 0 Å². The van der Waals surface area contributed by atoms with Gasteiger partial charge in [-0.15, -0.1) is 0 Å². The monoisotopic (exact) mass is 293 g/mol. The summed E-state index contributed by atoms with van der Waals surface area (Å²) in [4.78, 5) is 14.1. The summed E-state index contributed by atoms with van der Waals surface area (Å²) >= 11 is 0. The van der Waals surface area contributed by atoms with Crippen LogP contribution in [0.2, 0.25) is 0 Å². The number of aliphatic hydroxyl groups is 1. The number of nitrogens with one attached hydrogen (secondary N) is 2. The van der Waals surface area contributed by atoms with Crippen molar-refractivity contribution in [3.63, 3.8) is 0 Å². The van der Waals surface area contributed by atoms with E-state index in [1.807, 2.05) is 45.2 Å². The topological polar surface area (TPSA) is 64.6 Å². The van der Waals surface area contributed by atoms with E-state index < -0.39 is 0 Å². The lowest BCUT2D eigenvalue weighted by Crippen LogP contribution is -2.37. The number of amides is 2. The van der Waals surface area contributed by atoms with Gasteiger partial charge in [-0.2, -0.15) is 0 Å². The summed E-state index contributed by atoms with van der Waals surface area (Å²) < 4.78 is 0. The van der Waals surface area contributed by atoms with Gasteiger partial charge in [-0.05, 0) is 30.9 Å². The molecule has 0 aliphatic rings. The van der Waals surface area contributed by atoms with E-state index in [0.29, 0.717) is 13.0 Å². The minimum atomic E-state index is -0.224. The molecule has 5 nitrogen and oxygen atoms in total. The van der Waals surface area contributed by atoms with Crippen LogP contribution in [-0.2, 0) is 0 Å². The third-order valence-corrected chi connectivity index (χ3v) is 3.55. The number of hydrogen-bond acceptors (Lipinski definition) is 3. The molecule has 118 valence electrons. The summed E-state index contributed by atoms with van der Waals surface area (Å²) in [6.45, 7) is 7.61. The second-order valence-corrected chi connectivity index (χ2v) is 5.98. The van der Waals surface area contributed by atoms with E-state index in [4.69, 9.17) is 5.11 Å². The van der Waals surface area contributed by atoms with Crippen LogP contribution in [0, 0.1) is 5.41 Å². The Labute approximate surface area is 127 Å². The van der Waals surface area contributed by atoms with Gasteiger partial charge in [-0.3, -0.25) is 0 Å². The molecule has 0 bridgehead atoms. The number of rotatable bonds is 7. The first-order valence-electron chi connectivity index (χ1n) is 7.35. The minimum absolute atomic E-state index is 0.119. The maximum absolute atomic E-state index is 12.0. The van der Waals surface area contributed by atoms with Crippen LogP contribution in [0.15, 0.2) is 24.3 Å². The Balaban J connectivity index is 2.63. The Morgan fingerprint density at radius 1 is 1.33 bits per heavy atom. The fourth-order valence-electron chi connectivity index (χ4n) is 1.96. The molecule has 0 heterocycles. The highest BCUT2D eigenvalue weighted by molar-refractivity contribution is 5.93. The van der Waals surface area contributed by atoms with Gasteiger partial charge >= 0.3 is 6.03 Å². The van der Waals surface area contributed by atoms with Gasteiger partial charge in [0.1, 0.15) is 0 Å². The molecule has 5 heteroatoms. The van der Waals surface area contributed by atoms with Gasteiger partial charge in [0, 0.05) is 26.7 Å². The molecule has 0 saturated carbocycles. The van der Waals surface area contributed by atoms with Crippen LogP contribution in [0.5, 0.6) is 0 Å². The highest BCUT2D eigenvalue weighted by atomic mass is 16.3. The molecule has 0 spiro atoms. The van der Waals surface area contributed by atoms with E-state index in [0.717, 1.165) is 17.9 Å². The molecule has 21 heavy (non-hydrogen) atoms. The molecule has 3 N–H and O–H groups in total. The molecule has 0 aliphatic heterocycles. The number of anilines is 2. The minimum Gasteiger partial charge on any atom is -0.396 e. The fourth-order valence-corrected chi connectivity index (χ4v) is 1.96. The van der Waals surface area contributed by atoms with Crippen molar-refractivity contribution in [2.45, 2.75) is 27.2 Å². The van der Waals surface area contributed by atoms with Crippen LogP contribution in [0.4, 0.5) is 16.2 Å². The Hall–Kier alpha value is -1.75. The van der Waals surface area contributed by atoms with Gasteiger partial charge in [0.05, 0.1) is 11.4 Å². The standard InChI is InChI=1S/C16H27N3O2/c1-5-19(4)14-9-7-6-8-13(14)18-15(21)17-12-16(2,3)10-11-20/h6-9,20H,5,10-12H2,1-4H3,(H2,17,18,21). The SMILES string of the molecule is CCN(C)c1ccccc1NC(=O)NCC(C)(C)CCO. The van der Waals surface area contributed by atoms with Crippen LogP contribution in [-0.4, -0.2) is 37.9 Å². The second kappa shape index (κ2) is 7.88. The van der Waals surface area contributed by atoms with E-state index in [1.165, 1.54) is 0 Å². The smallest absolute Gasteiger partial charge is 0.319 e. The molecule has 0 aliphatic carbocycles. The molecule has 1 rings (SSSR count). The normalized spacial score (nSPS) is 11.1. The first kappa shape index (κ1) is 17.3. The summed E-state index contributed by atoms with van der Waals surface area (Å²) in [5, 5.41) is 14.7. The van der Waals surface area contributed by atoms with E-state index >= 15 is 0 Å². The summed E-state index contributed by atoms with van der Waals surface area (Å²) in [5.41, 5.74) is 1.66. The van der Waals surface area contributed by atoms with E-state index in [-0.39, 0.29) is 18.1 Å². The van der Waals surface area contributed by atoms with Crippen molar-refractivity contribution in [1.82, 2.24) is 5.32 Å². The Morgan fingerprint density at radius 2 is 2.00 bits per heavy atom. The number of nitrogens with zero attached hydrogens (tertiary/aromatic N) is 1. The first-order chi connectivity index (χ1) is 9.89. The number of aliphatic hydroxyl groups excluding tert-OH is 1. The maximum Gasteiger partial charge on any atom is 0.319 e. The molecule has 0 saturated heterocycles. The van der Waals surface area contributed by atoms with Gasteiger partial charge in [0.15, 0.2) is 0 Å². The zero-order valence-corrected chi connectivity index (χ0v) is 13.4. The average molecular weight is 293 g/mol. The number of carbonyl (C=O) groups excluding carboxylic acids is 1. The fraction of sp³-hybridized carbons (Fsp3) is 0.562. The highest BCUT2D eigenvalue weighted by Crippen LogP contribution is 2.24. The number of urea groups is 1. The first-order valence-corrected chi connectivity index (χ1v) is 7.35. The Morgan fingerprint density at radius 3 is 2.62 bits per heavy atom. The number of carbonyl (C=O) groups is 1. The molecule has 0 aromatic heterocycles. The lowest BCUT2D eigenvalue weighted by molar-refractivity contribution is 0.204. The molecule has 1 aromatic rings. The van der Waals surface area contributed by atoms with Gasteiger partial charge in [0.2, 0.25) is 0 Å². The van der Waals surface area contributed by atoms with Gasteiger partial charge in [-0.1, -0.05) is 26.0 Å². The summed E-state index contributed by atoms with van der Waals surface area (Å²) in [6.07, 6.45) is 0.655. The lowest BCUT2D eigenvalue weighted by Gasteiger charge is -2.25. The molecule has 0 atom stereocenters. The molecule has 0 unspecified atom stereocenters. The molecule has 0 radical (unpaired) electrons. The molecular formula is C16H27N3O2. The second-order valence-electron chi connectivity index (χ2n) is 5.98. The van der Waals surface area contributed by atoms with Crippen LogP contribution >= 0.6 is 0 Å². The Bertz CT molecular complexity index is 461. The zero-order valence-electron chi connectivity index (χ0n) is 13.4. The molecule has 0 fully saturated rings. The quantitative estimate of drug-likeness (QED) is 0.724. The van der Waals surface area contributed by atoms with Gasteiger partial charge in [0.25, 0.3) is 0 Å². The predicted octanol–water partition coefficient (Wildman–Crippen LogP) is 2.67. The van der Waals surface area contributed by atoms with Crippen molar-refractivity contribution in [3.05, 3.63) is 24.3 Å².